The van der Waals surface area contributed by atoms with Gasteiger partial charge in [0, 0.05) is 23.7 Å². The van der Waals surface area contributed by atoms with Gasteiger partial charge in [-0.15, -0.1) is 0 Å². The van der Waals surface area contributed by atoms with Crippen molar-refractivity contribution in [1.82, 2.24) is 15.1 Å². The lowest BCUT2D eigenvalue weighted by atomic mass is 10.0. The van der Waals surface area contributed by atoms with Gasteiger partial charge in [-0.1, -0.05) is 12.1 Å². The molecule has 1 aliphatic carbocycles. The Morgan fingerprint density at radius 3 is 2.43 bits per heavy atom. The van der Waals surface area contributed by atoms with Crippen LogP contribution in [0.5, 0.6) is 0 Å². The van der Waals surface area contributed by atoms with Gasteiger partial charge in [-0.3, -0.25) is 14.9 Å². The molecule has 0 atom stereocenters. The monoisotopic (exact) mass is 376 g/mol. The molecule has 7 nitrogen and oxygen atoms in total. The van der Waals surface area contributed by atoms with Crippen molar-refractivity contribution < 1.29 is 9.72 Å². The van der Waals surface area contributed by atoms with E-state index >= 15 is 0 Å². The number of nitrogens with zero attached hydrogens (tertiary/aromatic N) is 3. The molecule has 1 fully saturated rings. The molecule has 1 aliphatic rings. The highest BCUT2D eigenvalue weighted by atomic mass is 16.6. The van der Waals surface area contributed by atoms with Crippen LogP contribution >= 0.6 is 0 Å². The maximum atomic E-state index is 12.7. The molecule has 7 heteroatoms. The van der Waals surface area contributed by atoms with Gasteiger partial charge in [-0.25, -0.2) is 4.68 Å². The first-order valence-electron chi connectivity index (χ1n) is 9.16. The molecule has 0 spiro atoms. The van der Waals surface area contributed by atoms with Crippen molar-refractivity contribution in [3.8, 4) is 16.9 Å². The first kappa shape index (κ1) is 17.9. The Morgan fingerprint density at radius 1 is 1.11 bits per heavy atom. The summed E-state index contributed by atoms with van der Waals surface area (Å²) in [4.78, 5) is 23.2. The topological polar surface area (TPSA) is 90.1 Å². The number of benzene rings is 2. The number of aromatic nitrogens is 2. The number of non-ortho nitro benzene ring substituents is 1. The van der Waals surface area contributed by atoms with Crippen LogP contribution in [0.15, 0.2) is 48.5 Å². The van der Waals surface area contributed by atoms with Gasteiger partial charge >= 0.3 is 0 Å². The van der Waals surface area contributed by atoms with Crippen molar-refractivity contribution in [3.63, 3.8) is 0 Å². The second-order valence-corrected chi connectivity index (χ2v) is 7.15. The van der Waals surface area contributed by atoms with E-state index in [1.54, 1.807) is 22.9 Å². The van der Waals surface area contributed by atoms with Gasteiger partial charge in [-0.05, 0) is 62.1 Å². The van der Waals surface area contributed by atoms with Crippen LogP contribution in [0.3, 0.4) is 0 Å². The zero-order chi connectivity index (χ0) is 19.8. The third-order valence-corrected chi connectivity index (χ3v) is 4.96. The molecule has 0 bridgehead atoms. The summed E-state index contributed by atoms with van der Waals surface area (Å²) in [6.07, 6.45) is 1.98. The number of carbonyl (C=O) groups is 1. The van der Waals surface area contributed by atoms with E-state index in [-0.39, 0.29) is 17.6 Å². The largest absolute Gasteiger partial charge is 0.348 e. The van der Waals surface area contributed by atoms with Gasteiger partial charge in [0.1, 0.15) is 5.69 Å². The van der Waals surface area contributed by atoms with E-state index in [1.807, 2.05) is 32.0 Å². The van der Waals surface area contributed by atoms with E-state index in [1.165, 1.54) is 17.7 Å². The van der Waals surface area contributed by atoms with Crippen LogP contribution < -0.4 is 5.32 Å². The molecule has 1 aromatic heterocycles. The Bertz CT molecular complexity index is 1070. The van der Waals surface area contributed by atoms with Crippen LogP contribution in [0, 0.1) is 24.0 Å². The number of aryl methyl sites for hydroxylation is 2. The van der Waals surface area contributed by atoms with Gasteiger partial charge in [0.05, 0.1) is 16.3 Å². The zero-order valence-electron chi connectivity index (χ0n) is 15.7. The number of amides is 1. The van der Waals surface area contributed by atoms with Crippen LogP contribution in [-0.2, 0) is 0 Å². The molecular formula is C21H20N4O3. The zero-order valence-corrected chi connectivity index (χ0v) is 15.7. The number of carbonyl (C=O) groups excluding carboxylic acids is 1. The summed E-state index contributed by atoms with van der Waals surface area (Å²) in [6, 6.07) is 14.1. The van der Waals surface area contributed by atoms with E-state index in [9.17, 15) is 14.9 Å². The van der Waals surface area contributed by atoms with Crippen LogP contribution in [0.2, 0.25) is 0 Å². The normalized spacial score (nSPS) is 13.4. The first-order chi connectivity index (χ1) is 13.4. The predicted molar refractivity (Wildman–Crippen MR) is 106 cm³/mol. The number of hydrogen-bond donors (Lipinski definition) is 1. The predicted octanol–water partition coefficient (Wildman–Crippen LogP) is 3.96. The Morgan fingerprint density at radius 2 is 1.82 bits per heavy atom. The van der Waals surface area contributed by atoms with Crippen LogP contribution in [0.1, 0.15) is 34.5 Å². The van der Waals surface area contributed by atoms with Crippen LogP contribution in [-0.4, -0.2) is 26.7 Å². The fourth-order valence-electron chi connectivity index (χ4n) is 2.98. The number of nitro groups is 1. The maximum Gasteiger partial charge on any atom is 0.270 e. The third kappa shape index (κ3) is 3.51. The molecule has 28 heavy (non-hydrogen) atoms. The molecule has 1 saturated carbocycles. The second-order valence-electron chi connectivity index (χ2n) is 7.15. The fourth-order valence-corrected chi connectivity index (χ4v) is 2.98. The summed E-state index contributed by atoms with van der Waals surface area (Å²) in [5.41, 5.74) is 4.94. The molecule has 1 heterocycles. The van der Waals surface area contributed by atoms with Gasteiger partial charge in [0.15, 0.2) is 0 Å². The summed E-state index contributed by atoms with van der Waals surface area (Å²) >= 11 is 0. The number of nitrogens with one attached hydrogen (secondary N) is 1. The Kier molecular flexibility index (Phi) is 4.43. The van der Waals surface area contributed by atoms with E-state index in [0.717, 1.165) is 24.0 Å². The minimum absolute atomic E-state index is 0.00530. The highest BCUT2D eigenvalue weighted by molar-refractivity contribution is 5.94. The lowest BCUT2D eigenvalue weighted by Crippen LogP contribution is -2.27. The Hall–Kier alpha value is -3.48. The van der Waals surface area contributed by atoms with Crippen molar-refractivity contribution >= 4 is 11.6 Å². The number of rotatable bonds is 5. The van der Waals surface area contributed by atoms with Crippen LogP contribution in [0.25, 0.3) is 16.9 Å². The average molecular weight is 376 g/mol. The van der Waals surface area contributed by atoms with Gasteiger partial charge in [0.2, 0.25) is 0 Å². The highest BCUT2D eigenvalue weighted by Crippen LogP contribution is 2.26. The molecule has 0 aliphatic heterocycles. The van der Waals surface area contributed by atoms with Gasteiger partial charge < -0.3 is 5.32 Å². The average Bonchev–Trinajstić information content (AvgIpc) is 3.38. The Balaban J connectivity index is 1.78. The molecule has 1 amide bonds. The molecule has 0 saturated heterocycles. The SMILES string of the molecule is Cc1ccc(-c2cc(C(=O)NC3CC3)n(-c3ccc([N+](=O)[O-])cc3)n2)cc1C. The first-order valence-corrected chi connectivity index (χ1v) is 9.16. The summed E-state index contributed by atoms with van der Waals surface area (Å²) < 4.78 is 1.55. The summed E-state index contributed by atoms with van der Waals surface area (Å²) in [5, 5.41) is 18.5. The highest BCUT2D eigenvalue weighted by Gasteiger charge is 2.26. The molecule has 1 N–H and O–H groups in total. The number of nitro benzene ring substituents is 1. The van der Waals surface area contributed by atoms with Crippen molar-refractivity contribution in [3.05, 3.63) is 75.5 Å². The number of hydrogen-bond acceptors (Lipinski definition) is 4. The van der Waals surface area contributed by atoms with E-state index in [4.69, 9.17) is 0 Å². The summed E-state index contributed by atoms with van der Waals surface area (Å²) in [5.74, 6) is -0.191. The molecule has 142 valence electrons. The van der Waals surface area contributed by atoms with Gasteiger partial charge in [0.25, 0.3) is 11.6 Å². The van der Waals surface area contributed by atoms with Crippen molar-refractivity contribution in [1.29, 1.82) is 0 Å². The van der Waals surface area contributed by atoms with E-state index < -0.39 is 4.92 Å². The Labute approximate surface area is 162 Å². The molecule has 2 aromatic carbocycles. The standard InChI is InChI=1S/C21H20N4O3/c1-13-3-4-15(11-14(13)2)19-12-20(21(26)22-16-5-6-16)24(23-19)17-7-9-18(10-8-17)25(27)28/h3-4,7-12,16H,5-6H2,1-2H3,(H,22,26). The van der Waals surface area contributed by atoms with E-state index in [0.29, 0.717) is 17.1 Å². The second kappa shape index (κ2) is 6.92. The molecular weight excluding hydrogens is 356 g/mol. The lowest BCUT2D eigenvalue weighted by molar-refractivity contribution is -0.384. The summed E-state index contributed by atoms with van der Waals surface area (Å²) in [6.45, 7) is 4.08. The smallest absolute Gasteiger partial charge is 0.270 e. The van der Waals surface area contributed by atoms with Crippen LogP contribution in [0.4, 0.5) is 5.69 Å². The minimum atomic E-state index is -0.450. The minimum Gasteiger partial charge on any atom is -0.348 e. The van der Waals surface area contributed by atoms with E-state index in [2.05, 4.69) is 10.4 Å². The fraction of sp³-hybridized carbons (Fsp3) is 0.238. The molecule has 4 rings (SSSR count). The maximum absolute atomic E-state index is 12.7. The van der Waals surface area contributed by atoms with Gasteiger partial charge in [-0.2, -0.15) is 5.10 Å². The quantitative estimate of drug-likeness (QED) is 0.539. The molecule has 0 unspecified atom stereocenters. The van der Waals surface area contributed by atoms with Crippen molar-refractivity contribution in [2.45, 2.75) is 32.7 Å². The van der Waals surface area contributed by atoms with Crippen molar-refractivity contribution in [2.75, 3.05) is 0 Å². The third-order valence-electron chi connectivity index (χ3n) is 4.96. The molecule has 3 aromatic rings. The molecule has 0 radical (unpaired) electrons. The lowest BCUT2D eigenvalue weighted by Gasteiger charge is -2.07. The summed E-state index contributed by atoms with van der Waals surface area (Å²) in [7, 11) is 0. The van der Waals surface area contributed by atoms with Crippen molar-refractivity contribution in [2.24, 2.45) is 0 Å².